The van der Waals surface area contributed by atoms with Crippen LogP contribution in [0.1, 0.15) is 59.7 Å². The number of carbonyl (C=O) groups is 1. The average molecular weight is 693 g/mol. The van der Waals surface area contributed by atoms with Crippen molar-refractivity contribution < 1.29 is 4.79 Å². The van der Waals surface area contributed by atoms with Gasteiger partial charge in [-0.05, 0) is 77.9 Å². The Morgan fingerprint density at radius 3 is 1.57 bits per heavy atom. The summed E-state index contributed by atoms with van der Waals surface area (Å²) in [5, 5.41) is 26.4. The summed E-state index contributed by atoms with van der Waals surface area (Å²) in [4.78, 5) is 29.5. The van der Waals surface area contributed by atoms with E-state index in [0.29, 0.717) is 47.5 Å². The van der Waals surface area contributed by atoms with E-state index in [2.05, 4.69) is 83.5 Å². The third-order valence-electron chi connectivity index (χ3n) is 6.96. The summed E-state index contributed by atoms with van der Waals surface area (Å²) in [6, 6.07) is 17.4. The zero-order valence-electron chi connectivity index (χ0n) is 30.1. The maximum Gasteiger partial charge on any atom is 0.212 e. The molecule has 0 aliphatic rings. The van der Waals surface area contributed by atoms with Gasteiger partial charge in [0.2, 0.25) is 6.41 Å². The minimum absolute atomic E-state index is 0.254. The van der Waals surface area contributed by atoms with Crippen molar-refractivity contribution in [3.63, 3.8) is 0 Å². The van der Waals surface area contributed by atoms with Gasteiger partial charge in [0.1, 0.15) is 47.7 Å². The number of rotatable bonds is 10. The molecular weight excluding hydrogens is 648 g/mol. The highest BCUT2D eigenvalue weighted by atomic mass is 16.1. The van der Waals surface area contributed by atoms with Gasteiger partial charge in [0.15, 0.2) is 23.3 Å². The van der Waals surface area contributed by atoms with Crippen LogP contribution in [0.3, 0.4) is 0 Å². The number of hydrogen-bond acceptors (Lipinski definition) is 12. The maximum absolute atomic E-state index is 10.4. The number of carbonyl (C=O) groups excluding carboxylic acids is 1. The molecule has 0 spiro atoms. The van der Waals surface area contributed by atoms with Crippen molar-refractivity contribution in [3.05, 3.63) is 73.6 Å². The minimum Gasteiger partial charge on any atom is -0.384 e. The van der Waals surface area contributed by atoms with Crippen molar-refractivity contribution in [2.75, 3.05) is 25.1 Å². The van der Waals surface area contributed by atoms with Crippen LogP contribution in [0.2, 0.25) is 0 Å². The molecule has 0 fully saturated rings. The van der Waals surface area contributed by atoms with Crippen LogP contribution in [0.15, 0.2) is 78.6 Å². The van der Waals surface area contributed by atoms with Crippen LogP contribution in [0.5, 0.6) is 0 Å². The second-order valence-electron chi connectivity index (χ2n) is 12.2. The summed E-state index contributed by atoms with van der Waals surface area (Å²) in [5.74, 6) is 3.84. The molecule has 51 heavy (non-hydrogen) atoms. The molecule has 0 aliphatic carbocycles. The molecule has 0 saturated carbocycles. The Labute approximate surface area is 296 Å². The fraction of sp³-hybridized carbons (Fsp3) is 0.324. The van der Waals surface area contributed by atoms with Gasteiger partial charge in [0.25, 0.3) is 0 Å². The fourth-order valence-corrected chi connectivity index (χ4v) is 4.48. The second-order valence-corrected chi connectivity index (χ2v) is 12.2. The van der Waals surface area contributed by atoms with Crippen molar-refractivity contribution >= 4 is 30.2 Å². The first-order chi connectivity index (χ1) is 24.5. The van der Waals surface area contributed by atoms with Crippen molar-refractivity contribution in [1.29, 1.82) is 0 Å². The summed E-state index contributed by atoms with van der Waals surface area (Å²) in [5.41, 5.74) is 7.83. The minimum atomic E-state index is 0.254. The number of amides is 1. The van der Waals surface area contributed by atoms with E-state index < -0.39 is 0 Å². The van der Waals surface area contributed by atoms with Gasteiger partial charge in [0.05, 0.1) is 6.34 Å². The maximum atomic E-state index is 10.4. The largest absolute Gasteiger partial charge is 0.384 e. The van der Waals surface area contributed by atoms with Crippen LogP contribution in [0.25, 0.3) is 34.6 Å². The molecule has 0 atom stereocenters. The van der Waals surface area contributed by atoms with Gasteiger partial charge >= 0.3 is 0 Å². The molecule has 0 aliphatic heterocycles. The summed E-state index contributed by atoms with van der Waals surface area (Å²) < 4.78 is 5.87. The van der Waals surface area contributed by atoms with E-state index in [1.165, 1.54) is 0 Å². The number of nitrogens with zero attached hydrogens (tertiary/aromatic N) is 14. The quantitative estimate of drug-likeness (QED) is 0.109. The third-order valence-corrected chi connectivity index (χ3v) is 6.96. The van der Waals surface area contributed by atoms with Gasteiger partial charge in [0, 0.05) is 32.2 Å². The normalized spacial score (nSPS) is 11.0. The summed E-state index contributed by atoms with van der Waals surface area (Å²) in [6.45, 7) is 12.4. The Morgan fingerprint density at radius 1 is 0.667 bits per heavy atom. The Morgan fingerprint density at radius 2 is 1.12 bits per heavy atom. The lowest BCUT2D eigenvalue weighted by Crippen LogP contribution is -2.07. The molecule has 6 rings (SSSR count). The topological polar surface area (TPSA) is 202 Å². The molecule has 6 heterocycles. The first-order valence-corrected chi connectivity index (χ1v) is 16.3. The van der Waals surface area contributed by atoms with Gasteiger partial charge in [-0.25, -0.2) is 19.9 Å². The highest BCUT2D eigenvalue weighted by Crippen LogP contribution is 2.22. The highest BCUT2D eigenvalue weighted by Gasteiger charge is 2.13. The zero-order chi connectivity index (χ0) is 36.9. The van der Waals surface area contributed by atoms with E-state index in [1.807, 2.05) is 89.0 Å². The fourth-order valence-electron chi connectivity index (χ4n) is 4.48. The first-order valence-electron chi connectivity index (χ1n) is 16.3. The summed E-state index contributed by atoms with van der Waals surface area (Å²) in [7, 11) is 3.84. The SMILES string of the molecule is CC(C)n1cnnc1-c1cccc(N)n1.CC(C)n1cnnc1-c1cccc(N=CN(C)C)n1.CC(C)n1cnnc1-c1cccc(NC=O)n1. The van der Waals surface area contributed by atoms with E-state index in [4.69, 9.17) is 5.73 Å². The first kappa shape index (κ1) is 37.4. The Kier molecular flexibility index (Phi) is 13.1. The van der Waals surface area contributed by atoms with Crippen molar-refractivity contribution in [2.24, 2.45) is 4.99 Å². The zero-order valence-corrected chi connectivity index (χ0v) is 30.1. The number of anilines is 2. The Balaban J connectivity index is 0.000000173. The lowest BCUT2D eigenvalue weighted by molar-refractivity contribution is -0.105. The lowest BCUT2D eigenvalue weighted by atomic mass is 10.3. The third kappa shape index (κ3) is 10.3. The Hall–Kier alpha value is -6.39. The standard InChI is InChI=1S/C13H18N6.C11H13N5O.C10H13N5/c1-10(2)19-9-15-17-13(19)11-6-5-7-12(16-11)14-8-18(3)4;1-8(2)16-6-13-15-11(16)9-4-3-5-10(14-9)12-7-17;1-7(2)15-6-12-14-10(15)8-4-3-5-9(11)13-8/h5-10H,1-4H3;3-8H,1-2H3,(H,12,14,17);3-7H,1-2H3,(H2,11,13). The molecule has 3 N–H and O–H groups in total. The molecule has 17 heteroatoms. The van der Waals surface area contributed by atoms with Crippen LogP contribution < -0.4 is 11.1 Å². The van der Waals surface area contributed by atoms with Gasteiger partial charge in [-0.1, -0.05) is 18.2 Å². The molecule has 0 radical (unpaired) electrons. The predicted molar refractivity (Wildman–Crippen MR) is 197 cm³/mol. The summed E-state index contributed by atoms with van der Waals surface area (Å²) >= 11 is 0. The number of nitrogens with one attached hydrogen (secondary N) is 1. The molecule has 1 amide bonds. The molecule has 266 valence electrons. The number of aliphatic imine (C=N–C) groups is 1. The van der Waals surface area contributed by atoms with E-state index in [0.717, 1.165) is 23.0 Å². The molecule has 6 aromatic rings. The predicted octanol–water partition coefficient (Wildman–Crippen LogP) is 5.13. The lowest BCUT2D eigenvalue weighted by Gasteiger charge is -2.09. The monoisotopic (exact) mass is 692 g/mol. The van der Waals surface area contributed by atoms with Crippen LogP contribution in [0.4, 0.5) is 17.5 Å². The molecule has 0 unspecified atom stereocenters. The van der Waals surface area contributed by atoms with E-state index >= 15 is 0 Å². The van der Waals surface area contributed by atoms with Gasteiger partial charge in [-0.3, -0.25) is 4.79 Å². The molecular formula is C34H44N16O. The van der Waals surface area contributed by atoms with Gasteiger partial charge in [-0.2, -0.15) is 0 Å². The highest BCUT2D eigenvalue weighted by molar-refractivity contribution is 5.70. The van der Waals surface area contributed by atoms with E-state index in [9.17, 15) is 4.79 Å². The van der Waals surface area contributed by atoms with Gasteiger partial charge < -0.3 is 29.7 Å². The van der Waals surface area contributed by atoms with Crippen molar-refractivity contribution in [1.82, 2.24) is 64.1 Å². The molecule has 0 saturated heterocycles. The van der Waals surface area contributed by atoms with Gasteiger partial charge in [-0.15, -0.1) is 30.6 Å². The van der Waals surface area contributed by atoms with Crippen LogP contribution >= 0.6 is 0 Å². The second kappa shape index (κ2) is 17.8. The molecule has 6 aromatic heterocycles. The van der Waals surface area contributed by atoms with Crippen molar-refractivity contribution in [2.45, 2.75) is 59.7 Å². The Bertz CT molecular complexity index is 2010. The molecule has 0 aromatic carbocycles. The average Bonchev–Trinajstić information content (AvgIpc) is 3.90. The molecule has 17 nitrogen and oxygen atoms in total. The number of nitrogens with two attached hydrogens (primary N) is 1. The smallest absolute Gasteiger partial charge is 0.212 e. The molecule has 0 bridgehead atoms. The van der Waals surface area contributed by atoms with E-state index in [-0.39, 0.29) is 6.04 Å². The van der Waals surface area contributed by atoms with Crippen LogP contribution in [-0.4, -0.2) is 91.0 Å². The number of aromatic nitrogens is 12. The summed E-state index contributed by atoms with van der Waals surface area (Å²) in [6.07, 6.45) is 7.41. The van der Waals surface area contributed by atoms with Crippen molar-refractivity contribution in [3.8, 4) is 34.6 Å². The van der Waals surface area contributed by atoms with Crippen LogP contribution in [-0.2, 0) is 4.79 Å². The number of hydrogen-bond donors (Lipinski definition) is 2. The van der Waals surface area contributed by atoms with E-state index in [1.54, 1.807) is 37.5 Å². The number of nitrogen functional groups attached to an aromatic ring is 1. The van der Waals surface area contributed by atoms with Crippen LogP contribution in [0, 0.1) is 0 Å². The number of pyridine rings is 3.